The number of carbonyl (C=O) groups is 3. The van der Waals surface area contributed by atoms with Crippen LogP contribution in [0, 0.1) is 13.8 Å². The first-order valence-electron chi connectivity index (χ1n) is 7.80. The number of aromatic amines is 1. The van der Waals surface area contributed by atoms with Crippen molar-refractivity contribution < 1.29 is 23.9 Å². The van der Waals surface area contributed by atoms with Gasteiger partial charge < -0.3 is 19.8 Å². The number of methoxy groups -OCH3 is 1. The molecule has 1 atom stereocenters. The van der Waals surface area contributed by atoms with Gasteiger partial charge in [0.15, 0.2) is 6.10 Å². The molecule has 0 saturated heterocycles. The minimum absolute atomic E-state index is 0.0975. The Bertz CT molecular complexity index is 859. The van der Waals surface area contributed by atoms with Crippen molar-refractivity contribution in [1.29, 1.82) is 0 Å². The third-order valence-corrected chi connectivity index (χ3v) is 4.15. The Kier molecular flexibility index (Phi) is 6.05. The molecule has 1 aromatic carbocycles. The third-order valence-electron chi connectivity index (χ3n) is 3.82. The van der Waals surface area contributed by atoms with Gasteiger partial charge in [-0.2, -0.15) is 0 Å². The zero-order chi connectivity index (χ0) is 19.4. The van der Waals surface area contributed by atoms with Crippen LogP contribution in [0.15, 0.2) is 24.3 Å². The second-order valence-corrected chi connectivity index (χ2v) is 6.04. The number of hydrogen-bond donors (Lipinski definition) is 2. The maximum absolute atomic E-state index is 12.4. The number of hydrogen-bond acceptors (Lipinski definition) is 5. The number of benzene rings is 1. The highest BCUT2D eigenvalue weighted by atomic mass is 35.5. The number of aryl methyl sites for hydroxylation is 1. The van der Waals surface area contributed by atoms with Gasteiger partial charge in [-0.15, -0.1) is 0 Å². The lowest BCUT2D eigenvalue weighted by atomic mass is 10.1. The van der Waals surface area contributed by atoms with Crippen LogP contribution >= 0.6 is 11.6 Å². The van der Waals surface area contributed by atoms with Crippen LogP contribution < -0.4 is 5.32 Å². The first kappa shape index (κ1) is 19.5. The van der Waals surface area contributed by atoms with Crippen molar-refractivity contribution in [3.8, 4) is 0 Å². The van der Waals surface area contributed by atoms with E-state index in [2.05, 4.69) is 10.3 Å². The molecule has 0 unspecified atom stereocenters. The summed E-state index contributed by atoms with van der Waals surface area (Å²) >= 11 is 5.99. The predicted molar refractivity (Wildman–Crippen MR) is 96.6 cm³/mol. The summed E-state index contributed by atoms with van der Waals surface area (Å²) in [4.78, 5) is 39.2. The molecule has 2 aromatic rings. The fourth-order valence-electron chi connectivity index (χ4n) is 2.43. The second kappa shape index (κ2) is 8.05. The molecule has 2 N–H and O–H groups in total. The molecule has 0 aliphatic carbocycles. The minimum atomic E-state index is -1.07. The Labute approximate surface area is 155 Å². The van der Waals surface area contributed by atoms with Gasteiger partial charge in [-0.05, 0) is 38.5 Å². The van der Waals surface area contributed by atoms with Gasteiger partial charge in [0.2, 0.25) is 0 Å². The number of ether oxygens (including phenoxy) is 2. The van der Waals surface area contributed by atoms with Crippen LogP contribution in [-0.4, -0.2) is 36.0 Å². The lowest BCUT2D eigenvalue weighted by Crippen LogP contribution is -2.30. The summed E-state index contributed by atoms with van der Waals surface area (Å²) in [6.07, 6.45) is -1.07. The van der Waals surface area contributed by atoms with E-state index in [9.17, 15) is 14.4 Å². The first-order chi connectivity index (χ1) is 12.3. The van der Waals surface area contributed by atoms with Gasteiger partial charge in [0.25, 0.3) is 5.91 Å². The summed E-state index contributed by atoms with van der Waals surface area (Å²) in [6, 6.07) is 6.72. The van der Waals surface area contributed by atoms with Crippen LogP contribution in [0.25, 0.3) is 0 Å². The van der Waals surface area contributed by atoms with Crippen LogP contribution in [0.1, 0.15) is 39.0 Å². The van der Waals surface area contributed by atoms with Gasteiger partial charge in [-0.1, -0.05) is 23.7 Å². The molecular formula is C18H19ClN2O5. The minimum Gasteiger partial charge on any atom is -0.465 e. The largest absolute Gasteiger partial charge is 0.465 e. The zero-order valence-electron chi connectivity index (χ0n) is 14.8. The van der Waals surface area contributed by atoms with E-state index in [0.29, 0.717) is 22.0 Å². The fourth-order valence-corrected chi connectivity index (χ4v) is 2.62. The average Bonchev–Trinajstić information content (AvgIpc) is 2.90. The van der Waals surface area contributed by atoms with Crippen molar-refractivity contribution in [3.63, 3.8) is 0 Å². The van der Waals surface area contributed by atoms with Crippen molar-refractivity contribution in [2.24, 2.45) is 0 Å². The molecule has 8 heteroatoms. The number of amides is 1. The van der Waals surface area contributed by atoms with E-state index in [-0.39, 0.29) is 11.3 Å². The summed E-state index contributed by atoms with van der Waals surface area (Å²) in [6.45, 7) is 4.68. The number of carbonyl (C=O) groups excluding carboxylic acids is 3. The monoisotopic (exact) mass is 378 g/mol. The Morgan fingerprint density at radius 1 is 1.15 bits per heavy atom. The van der Waals surface area contributed by atoms with Crippen molar-refractivity contribution in [2.75, 3.05) is 12.4 Å². The Morgan fingerprint density at radius 2 is 1.81 bits per heavy atom. The molecule has 0 saturated carbocycles. The fraction of sp³-hybridized carbons (Fsp3) is 0.278. The van der Waals surface area contributed by atoms with Crippen LogP contribution in [-0.2, 0) is 14.3 Å². The quantitative estimate of drug-likeness (QED) is 0.778. The summed E-state index contributed by atoms with van der Waals surface area (Å²) < 4.78 is 9.90. The van der Waals surface area contributed by atoms with Crippen molar-refractivity contribution in [3.05, 3.63) is 51.8 Å². The normalized spacial score (nSPS) is 11.6. The molecule has 0 fully saturated rings. The smallest absolute Gasteiger partial charge is 0.355 e. The molecule has 0 bridgehead atoms. The van der Waals surface area contributed by atoms with Gasteiger partial charge in [0.05, 0.1) is 23.4 Å². The Morgan fingerprint density at radius 3 is 2.42 bits per heavy atom. The molecular weight excluding hydrogens is 360 g/mol. The molecule has 1 amide bonds. The number of esters is 2. The van der Waals surface area contributed by atoms with E-state index < -0.39 is 23.9 Å². The highest BCUT2D eigenvalue weighted by Gasteiger charge is 2.26. The molecule has 0 radical (unpaired) electrons. The van der Waals surface area contributed by atoms with Gasteiger partial charge in [-0.3, -0.25) is 4.79 Å². The van der Waals surface area contributed by atoms with Crippen LogP contribution in [0.4, 0.5) is 5.69 Å². The standard InChI is InChI=1S/C18H19ClN2O5/c1-9-14(17(23)25-4)10(2)20-15(9)18(24)26-11(3)16(22)21-13-8-6-5-7-12(13)19/h5-8,11,20H,1-4H3,(H,21,22)/t11-/m1/s1. The zero-order valence-corrected chi connectivity index (χ0v) is 15.6. The number of para-hydroxylation sites is 1. The summed E-state index contributed by atoms with van der Waals surface area (Å²) in [5.74, 6) is -1.83. The Hall–Kier alpha value is -2.80. The Balaban J connectivity index is 2.11. The number of H-pyrrole nitrogens is 1. The van der Waals surface area contributed by atoms with Gasteiger partial charge >= 0.3 is 11.9 Å². The van der Waals surface area contributed by atoms with Gasteiger partial charge in [0, 0.05) is 5.69 Å². The van der Waals surface area contributed by atoms with E-state index in [0.717, 1.165) is 0 Å². The molecule has 0 spiro atoms. The molecule has 0 aliphatic heterocycles. The number of aromatic nitrogens is 1. The molecule has 2 rings (SSSR count). The van der Waals surface area contributed by atoms with Crippen LogP contribution in [0.5, 0.6) is 0 Å². The lowest BCUT2D eigenvalue weighted by molar-refractivity contribution is -0.123. The first-order valence-corrected chi connectivity index (χ1v) is 8.17. The average molecular weight is 379 g/mol. The van der Waals surface area contributed by atoms with E-state index >= 15 is 0 Å². The summed E-state index contributed by atoms with van der Waals surface area (Å²) in [5, 5.41) is 2.97. The number of halogens is 1. The van der Waals surface area contributed by atoms with Gasteiger partial charge in [-0.25, -0.2) is 9.59 Å². The predicted octanol–water partition coefficient (Wildman–Crippen LogP) is 3.26. The SMILES string of the molecule is COC(=O)c1c(C)[nH]c(C(=O)O[C@H](C)C(=O)Nc2ccccc2Cl)c1C. The third kappa shape index (κ3) is 4.05. The molecule has 7 nitrogen and oxygen atoms in total. The van der Waals surface area contributed by atoms with E-state index in [1.165, 1.54) is 14.0 Å². The molecule has 138 valence electrons. The van der Waals surface area contributed by atoms with Crippen LogP contribution in [0.2, 0.25) is 5.02 Å². The molecule has 1 heterocycles. The van der Waals surface area contributed by atoms with Crippen molar-refractivity contribution in [1.82, 2.24) is 4.98 Å². The lowest BCUT2D eigenvalue weighted by Gasteiger charge is -2.14. The topological polar surface area (TPSA) is 97.5 Å². The maximum Gasteiger partial charge on any atom is 0.355 e. The van der Waals surface area contributed by atoms with Crippen molar-refractivity contribution >= 4 is 35.1 Å². The highest BCUT2D eigenvalue weighted by molar-refractivity contribution is 6.33. The van der Waals surface area contributed by atoms with Crippen LogP contribution in [0.3, 0.4) is 0 Å². The van der Waals surface area contributed by atoms with E-state index in [4.69, 9.17) is 21.1 Å². The second-order valence-electron chi connectivity index (χ2n) is 5.63. The highest BCUT2D eigenvalue weighted by Crippen LogP contribution is 2.22. The summed E-state index contributed by atoms with van der Waals surface area (Å²) in [7, 11) is 1.26. The number of nitrogens with one attached hydrogen (secondary N) is 2. The number of anilines is 1. The van der Waals surface area contributed by atoms with Crippen molar-refractivity contribution in [2.45, 2.75) is 26.9 Å². The van der Waals surface area contributed by atoms with E-state index in [1.807, 2.05) is 0 Å². The van der Waals surface area contributed by atoms with Gasteiger partial charge in [0.1, 0.15) is 5.69 Å². The molecule has 0 aliphatic rings. The molecule has 1 aromatic heterocycles. The maximum atomic E-state index is 12.4. The summed E-state index contributed by atoms with van der Waals surface area (Å²) in [5.41, 5.74) is 1.67. The molecule has 26 heavy (non-hydrogen) atoms. The number of rotatable bonds is 5. The van der Waals surface area contributed by atoms with E-state index in [1.54, 1.807) is 38.1 Å².